The maximum Gasteiger partial charge on any atom is 0.251 e. The molecule has 0 saturated heterocycles. The van der Waals surface area contributed by atoms with Crippen LogP contribution in [0.5, 0.6) is 0 Å². The van der Waals surface area contributed by atoms with Crippen molar-refractivity contribution in [2.45, 2.75) is 44.2 Å². The molecular formula is C28H30FN3O5S. The van der Waals surface area contributed by atoms with Crippen LogP contribution in [-0.4, -0.2) is 39.5 Å². The van der Waals surface area contributed by atoms with Gasteiger partial charge >= 0.3 is 0 Å². The monoisotopic (exact) mass is 539 g/mol. The van der Waals surface area contributed by atoms with Crippen LogP contribution < -0.4 is 15.5 Å². The fraction of sp³-hybridized carbons (Fsp3) is 0.321. The number of nitrogens with zero attached hydrogens (tertiary/aromatic N) is 1. The summed E-state index contributed by atoms with van der Waals surface area (Å²) in [6.07, 6.45) is 6.34. The molecule has 1 aromatic heterocycles. The molecule has 2 N–H and O–H groups in total. The molecule has 3 aromatic rings. The van der Waals surface area contributed by atoms with Crippen LogP contribution in [0.4, 0.5) is 15.8 Å². The van der Waals surface area contributed by atoms with E-state index in [1.54, 1.807) is 42.5 Å². The highest BCUT2D eigenvalue weighted by molar-refractivity contribution is 7.86. The Morgan fingerprint density at radius 1 is 0.947 bits per heavy atom. The summed E-state index contributed by atoms with van der Waals surface area (Å²) in [5.41, 5.74) is 0.786. The fourth-order valence-corrected chi connectivity index (χ4v) is 5.39. The number of amides is 3. The van der Waals surface area contributed by atoms with Gasteiger partial charge in [-0.15, -0.1) is 0 Å². The molecule has 10 heteroatoms. The maximum absolute atomic E-state index is 13.6. The summed E-state index contributed by atoms with van der Waals surface area (Å²) in [6.45, 7) is 0. The third kappa shape index (κ3) is 7.38. The topological polar surface area (TPSA) is 109 Å². The minimum absolute atomic E-state index is 0.00530. The third-order valence-electron chi connectivity index (χ3n) is 6.28. The second-order valence-electron chi connectivity index (χ2n) is 9.14. The van der Waals surface area contributed by atoms with Crippen molar-refractivity contribution in [1.82, 2.24) is 5.32 Å². The molecular weight excluding hydrogens is 509 g/mol. The van der Waals surface area contributed by atoms with Gasteiger partial charge in [0.25, 0.3) is 5.91 Å². The molecule has 8 nitrogen and oxygen atoms in total. The van der Waals surface area contributed by atoms with E-state index >= 15 is 0 Å². The summed E-state index contributed by atoms with van der Waals surface area (Å²) in [5, 5.41) is 5.61. The summed E-state index contributed by atoms with van der Waals surface area (Å²) in [4.78, 5) is 40.9. The van der Waals surface area contributed by atoms with Crippen LogP contribution in [0.1, 0.15) is 43.9 Å². The molecule has 200 valence electrons. The summed E-state index contributed by atoms with van der Waals surface area (Å²) in [7, 11) is -1.88. The highest BCUT2D eigenvalue weighted by Crippen LogP contribution is 2.29. The zero-order valence-electron chi connectivity index (χ0n) is 20.8. The number of carbonyl (C=O) groups is 3. The van der Waals surface area contributed by atoms with Crippen LogP contribution in [0.25, 0.3) is 0 Å². The van der Waals surface area contributed by atoms with Crippen LogP contribution in [0.15, 0.2) is 77.4 Å². The average molecular weight is 540 g/mol. The van der Waals surface area contributed by atoms with E-state index in [4.69, 9.17) is 4.42 Å². The van der Waals surface area contributed by atoms with Gasteiger partial charge in [0.1, 0.15) is 23.1 Å². The highest BCUT2D eigenvalue weighted by Gasteiger charge is 2.36. The molecule has 1 fully saturated rings. The van der Waals surface area contributed by atoms with Crippen molar-refractivity contribution in [3.63, 3.8) is 0 Å². The van der Waals surface area contributed by atoms with Crippen molar-refractivity contribution in [3.8, 4) is 0 Å². The smallest absolute Gasteiger partial charge is 0.251 e. The molecule has 1 heterocycles. The number of hydrogen-bond acceptors (Lipinski definition) is 5. The number of benzene rings is 2. The first-order valence-corrected chi connectivity index (χ1v) is 14.0. The van der Waals surface area contributed by atoms with Crippen LogP contribution >= 0.6 is 0 Å². The van der Waals surface area contributed by atoms with E-state index in [9.17, 15) is 23.0 Å². The molecule has 1 aliphatic carbocycles. The van der Waals surface area contributed by atoms with Crippen LogP contribution in [0.2, 0.25) is 0 Å². The number of hydrogen-bond donors (Lipinski definition) is 2. The number of rotatable bonds is 10. The van der Waals surface area contributed by atoms with E-state index in [1.165, 1.54) is 35.4 Å². The number of carbonyl (C=O) groups excluding carboxylic acids is 3. The van der Waals surface area contributed by atoms with Crippen LogP contribution in [0, 0.1) is 5.82 Å². The lowest BCUT2D eigenvalue weighted by Crippen LogP contribution is -2.48. The highest BCUT2D eigenvalue weighted by atomic mass is 32.2. The van der Waals surface area contributed by atoms with Gasteiger partial charge < -0.3 is 15.1 Å². The van der Waals surface area contributed by atoms with Gasteiger partial charge in [-0.1, -0.05) is 37.5 Å². The fourth-order valence-electron chi connectivity index (χ4n) is 4.51. The number of halogens is 1. The van der Waals surface area contributed by atoms with Crippen molar-refractivity contribution in [3.05, 3.63) is 84.6 Å². The molecule has 1 aliphatic rings. The van der Waals surface area contributed by atoms with E-state index in [-0.39, 0.29) is 17.7 Å². The standard InChI is InChI=1S/C28H30FN3O5S/c29-20-13-15-22(16-14-20)30-25(33)18-38(36)19-26(34)32(23-10-5-2-6-11-23)27(24-12-7-17-37-24)28(35)31-21-8-3-1-4-9-21/h2,5-7,10-17,21,27H,1,3-4,8-9,18-19H2,(H,30,33)(H,31,35)/t27-,38+/m1/s1. The summed E-state index contributed by atoms with van der Waals surface area (Å²) in [5.74, 6) is -2.66. The third-order valence-corrected chi connectivity index (χ3v) is 7.43. The Kier molecular flexibility index (Phi) is 9.42. The van der Waals surface area contributed by atoms with Gasteiger partial charge in [-0.2, -0.15) is 0 Å². The first kappa shape index (κ1) is 27.3. The zero-order valence-corrected chi connectivity index (χ0v) is 21.6. The van der Waals surface area contributed by atoms with Gasteiger partial charge in [-0.3, -0.25) is 23.5 Å². The predicted molar refractivity (Wildman–Crippen MR) is 143 cm³/mol. The van der Waals surface area contributed by atoms with Crippen molar-refractivity contribution in [2.75, 3.05) is 21.7 Å². The number of anilines is 2. The van der Waals surface area contributed by atoms with Gasteiger partial charge in [0.15, 0.2) is 6.04 Å². The van der Waals surface area contributed by atoms with Gasteiger partial charge in [0.05, 0.1) is 6.26 Å². The minimum atomic E-state index is -1.88. The van der Waals surface area contributed by atoms with E-state index in [0.29, 0.717) is 11.4 Å². The Morgan fingerprint density at radius 3 is 2.32 bits per heavy atom. The first-order valence-electron chi connectivity index (χ1n) is 12.5. The lowest BCUT2D eigenvalue weighted by molar-refractivity contribution is -0.127. The van der Waals surface area contributed by atoms with Gasteiger partial charge in [0.2, 0.25) is 11.8 Å². The van der Waals surface area contributed by atoms with Gasteiger partial charge in [-0.25, -0.2) is 4.39 Å². The van der Waals surface area contributed by atoms with E-state index < -0.39 is 46.0 Å². The van der Waals surface area contributed by atoms with E-state index in [2.05, 4.69) is 10.6 Å². The zero-order chi connectivity index (χ0) is 26.9. The molecule has 0 unspecified atom stereocenters. The summed E-state index contributed by atoms with van der Waals surface area (Å²) >= 11 is 0. The normalized spacial score (nSPS) is 15.3. The van der Waals surface area contributed by atoms with E-state index in [1.807, 2.05) is 0 Å². The molecule has 0 spiro atoms. The number of furan rings is 1. The molecule has 0 aliphatic heterocycles. The number of nitrogens with one attached hydrogen (secondary N) is 2. The quantitative estimate of drug-likeness (QED) is 0.399. The van der Waals surface area contributed by atoms with Crippen molar-refractivity contribution < 1.29 is 27.4 Å². The predicted octanol–water partition coefficient (Wildman–Crippen LogP) is 4.33. The molecule has 0 bridgehead atoms. The molecule has 2 aromatic carbocycles. The van der Waals surface area contributed by atoms with Crippen LogP contribution in [-0.2, 0) is 25.2 Å². The van der Waals surface area contributed by atoms with E-state index in [0.717, 1.165) is 32.1 Å². The largest absolute Gasteiger partial charge is 0.467 e. The molecule has 4 rings (SSSR count). The van der Waals surface area contributed by atoms with Crippen molar-refractivity contribution >= 4 is 39.9 Å². The second kappa shape index (κ2) is 13.1. The maximum atomic E-state index is 13.6. The average Bonchev–Trinajstić information content (AvgIpc) is 3.43. The van der Waals surface area contributed by atoms with Crippen molar-refractivity contribution in [2.24, 2.45) is 0 Å². The molecule has 3 amide bonds. The lowest BCUT2D eigenvalue weighted by Gasteiger charge is -2.32. The molecule has 2 atom stereocenters. The SMILES string of the molecule is O=C(C[S@](=O)CC(=O)N(c1ccccc1)[C@@H](C(=O)NC1CCCCC1)c1ccco1)Nc1ccc(F)cc1. The lowest BCUT2D eigenvalue weighted by atomic mass is 9.95. The molecule has 38 heavy (non-hydrogen) atoms. The summed E-state index contributed by atoms with van der Waals surface area (Å²) in [6, 6.07) is 15.9. The molecule has 1 saturated carbocycles. The van der Waals surface area contributed by atoms with Crippen LogP contribution in [0.3, 0.4) is 0 Å². The first-order chi connectivity index (χ1) is 18.4. The Labute approximate surface area is 223 Å². The number of para-hydroxylation sites is 1. The van der Waals surface area contributed by atoms with Gasteiger partial charge in [0, 0.05) is 28.2 Å². The van der Waals surface area contributed by atoms with Gasteiger partial charge in [-0.05, 0) is 61.4 Å². The summed E-state index contributed by atoms with van der Waals surface area (Å²) < 4.78 is 31.6. The Balaban J connectivity index is 1.52. The Bertz CT molecular complexity index is 1250. The van der Waals surface area contributed by atoms with Crippen molar-refractivity contribution in [1.29, 1.82) is 0 Å². The second-order valence-corrected chi connectivity index (χ2v) is 10.6. The molecule has 0 radical (unpaired) electrons. The Hall–Kier alpha value is -3.79. The Morgan fingerprint density at radius 2 is 1.66 bits per heavy atom. The minimum Gasteiger partial charge on any atom is -0.467 e.